The Morgan fingerprint density at radius 1 is 1.05 bits per heavy atom. The number of hydrogen-bond donors (Lipinski definition) is 0. The topological polar surface area (TPSA) is 65.2 Å². The third-order valence-corrected chi connectivity index (χ3v) is 7.66. The fourth-order valence-electron chi connectivity index (χ4n) is 5.71. The van der Waals surface area contributed by atoms with Gasteiger partial charge in [-0.3, -0.25) is 4.98 Å². The first-order chi connectivity index (χ1) is 19.7. The Kier molecular flexibility index (Phi) is 6.97. The van der Waals surface area contributed by atoms with Crippen LogP contribution in [0.2, 0.25) is 0 Å². The normalized spacial score (nSPS) is 16.9. The number of fused-ring (bicyclic) bond motifs is 3. The molecule has 1 aromatic carbocycles. The molecular weight excluding hydrogens is 527 g/mol. The lowest BCUT2D eigenvalue weighted by molar-refractivity contribution is -0.0505. The van der Waals surface area contributed by atoms with E-state index >= 15 is 4.39 Å². The van der Waals surface area contributed by atoms with E-state index < -0.39 is 12.4 Å². The quantitative estimate of drug-likeness (QED) is 0.208. The predicted octanol–water partition coefficient (Wildman–Crippen LogP) is 7.48. The lowest BCUT2D eigenvalue weighted by Crippen LogP contribution is -2.15. The number of nitrogens with zero attached hydrogens (tertiary/aromatic N) is 5. The third-order valence-electron chi connectivity index (χ3n) is 7.66. The first-order valence-electron chi connectivity index (χ1n) is 13.7. The van der Waals surface area contributed by atoms with E-state index in [1.807, 2.05) is 55.6 Å². The van der Waals surface area contributed by atoms with E-state index in [9.17, 15) is 8.78 Å². The van der Waals surface area contributed by atoms with E-state index in [4.69, 9.17) is 9.72 Å². The molecule has 0 spiro atoms. The first-order valence-corrected chi connectivity index (χ1v) is 13.7. The molecule has 1 aliphatic rings. The fraction of sp³-hybridized carbons (Fsp3) is 0.312. The predicted molar refractivity (Wildman–Crippen MR) is 150 cm³/mol. The summed E-state index contributed by atoms with van der Waals surface area (Å²) in [5, 5.41) is 0. The number of alkyl halides is 2. The van der Waals surface area contributed by atoms with Crippen molar-refractivity contribution >= 4 is 5.65 Å². The maximum atomic E-state index is 15.5. The minimum Gasteiger partial charge on any atom is -0.435 e. The van der Waals surface area contributed by atoms with Crippen LogP contribution >= 0.6 is 0 Å². The summed E-state index contributed by atoms with van der Waals surface area (Å²) in [5.74, 6) is 0.133. The van der Waals surface area contributed by atoms with Gasteiger partial charge in [0.05, 0.1) is 11.4 Å². The van der Waals surface area contributed by atoms with Crippen molar-refractivity contribution in [3.8, 4) is 16.9 Å². The van der Waals surface area contributed by atoms with Gasteiger partial charge in [0.1, 0.15) is 23.0 Å². The minimum atomic E-state index is -2.95. The fourth-order valence-corrected chi connectivity index (χ4v) is 5.71. The van der Waals surface area contributed by atoms with Gasteiger partial charge in [0, 0.05) is 71.0 Å². The summed E-state index contributed by atoms with van der Waals surface area (Å²) in [5.41, 5.74) is 4.58. The molecular formula is C32H30F3N5O. The van der Waals surface area contributed by atoms with Crippen molar-refractivity contribution in [2.24, 2.45) is 0 Å². The van der Waals surface area contributed by atoms with Crippen molar-refractivity contribution in [3.05, 3.63) is 108 Å². The van der Waals surface area contributed by atoms with Crippen molar-refractivity contribution in [3.63, 3.8) is 0 Å². The molecule has 0 bridgehead atoms. The number of halogens is 3. The molecule has 0 saturated carbocycles. The van der Waals surface area contributed by atoms with Crippen molar-refractivity contribution in [1.82, 2.24) is 24.3 Å². The molecule has 210 valence electrons. The molecule has 2 atom stereocenters. The van der Waals surface area contributed by atoms with Crippen LogP contribution in [0.4, 0.5) is 13.2 Å². The van der Waals surface area contributed by atoms with Gasteiger partial charge in [-0.25, -0.2) is 19.3 Å². The van der Waals surface area contributed by atoms with Gasteiger partial charge in [0.25, 0.3) is 0 Å². The number of benzene rings is 1. The van der Waals surface area contributed by atoms with Gasteiger partial charge >= 0.3 is 6.61 Å². The van der Waals surface area contributed by atoms with E-state index in [0.29, 0.717) is 34.6 Å². The smallest absolute Gasteiger partial charge is 0.387 e. The lowest BCUT2D eigenvalue weighted by atomic mass is 9.91. The van der Waals surface area contributed by atoms with Crippen LogP contribution in [0.5, 0.6) is 5.75 Å². The van der Waals surface area contributed by atoms with Crippen LogP contribution in [0, 0.1) is 5.82 Å². The third kappa shape index (κ3) is 5.28. The summed E-state index contributed by atoms with van der Waals surface area (Å²) in [6.45, 7) is 3.11. The maximum absolute atomic E-state index is 15.5. The van der Waals surface area contributed by atoms with Crippen molar-refractivity contribution in [2.75, 3.05) is 0 Å². The lowest BCUT2D eigenvalue weighted by Gasteiger charge is -2.19. The second-order valence-corrected chi connectivity index (χ2v) is 11.5. The Balaban J connectivity index is 1.46. The van der Waals surface area contributed by atoms with E-state index in [1.54, 1.807) is 36.9 Å². The molecule has 0 unspecified atom stereocenters. The van der Waals surface area contributed by atoms with Crippen molar-refractivity contribution in [1.29, 1.82) is 0 Å². The first kappa shape index (κ1) is 26.9. The highest BCUT2D eigenvalue weighted by atomic mass is 19.3. The second kappa shape index (κ2) is 10.6. The number of rotatable bonds is 7. The average Bonchev–Trinajstić information content (AvgIpc) is 3.48. The highest BCUT2D eigenvalue weighted by molar-refractivity contribution is 5.65. The standard InChI is InChI=1S/C32H30F3N5O/c1-32(2,3)30-37-16-21(17-38-30)24-18-40-27(14-25(24)33)39-28-20(11-10-19-7-6-12-36-15-19)13-23(29(28)40)22-8-4-5-9-26(22)41-31(34)35/h4-9,12,14-18,20,23,31H,10-11,13H2,1-3H3/t20-,23-/m1/s1. The van der Waals surface area contributed by atoms with Gasteiger partial charge in [0.2, 0.25) is 0 Å². The highest BCUT2D eigenvalue weighted by Crippen LogP contribution is 2.49. The Hall–Kier alpha value is -4.27. The molecule has 5 aromatic rings. The molecule has 41 heavy (non-hydrogen) atoms. The van der Waals surface area contributed by atoms with Crippen molar-refractivity contribution in [2.45, 2.75) is 63.9 Å². The second-order valence-electron chi connectivity index (χ2n) is 11.5. The van der Waals surface area contributed by atoms with Crippen LogP contribution in [-0.4, -0.2) is 30.9 Å². The van der Waals surface area contributed by atoms with E-state index in [2.05, 4.69) is 15.0 Å². The molecule has 4 aromatic heterocycles. The highest BCUT2D eigenvalue weighted by Gasteiger charge is 2.38. The largest absolute Gasteiger partial charge is 0.435 e. The van der Waals surface area contributed by atoms with Gasteiger partial charge in [0.15, 0.2) is 0 Å². The van der Waals surface area contributed by atoms with Crippen LogP contribution in [0.3, 0.4) is 0 Å². The van der Waals surface area contributed by atoms with Gasteiger partial charge in [-0.2, -0.15) is 8.78 Å². The van der Waals surface area contributed by atoms with Crippen molar-refractivity contribution < 1.29 is 17.9 Å². The van der Waals surface area contributed by atoms with E-state index in [-0.39, 0.29) is 23.0 Å². The van der Waals surface area contributed by atoms with Crippen LogP contribution in [0.1, 0.15) is 73.8 Å². The Labute approximate surface area is 236 Å². The van der Waals surface area contributed by atoms with E-state index in [0.717, 1.165) is 29.8 Å². The average molecular weight is 558 g/mol. The Morgan fingerprint density at radius 3 is 2.54 bits per heavy atom. The molecule has 1 aliphatic carbocycles. The number of hydrogen-bond acceptors (Lipinski definition) is 5. The summed E-state index contributed by atoms with van der Waals surface area (Å²) in [4.78, 5) is 18.1. The molecule has 9 heteroatoms. The van der Waals surface area contributed by atoms with Crippen LogP contribution in [-0.2, 0) is 11.8 Å². The van der Waals surface area contributed by atoms with Gasteiger partial charge in [-0.05, 0) is 37.0 Å². The molecule has 0 saturated heterocycles. The zero-order valence-corrected chi connectivity index (χ0v) is 23.1. The van der Waals surface area contributed by atoms with Gasteiger partial charge < -0.3 is 9.14 Å². The summed E-state index contributed by atoms with van der Waals surface area (Å²) in [7, 11) is 0. The summed E-state index contributed by atoms with van der Waals surface area (Å²) < 4.78 is 49.0. The zero-order valence-electron chi connectivity index (χ0n) is 23.1. The monoisotopic (exact) mass is 557 g/mol. The van der Waals surface area contributed by atoms with Gasteiger partial charge in [-0.1, -0.05) is 45.0 Å². The molecule has 0 aliphatic heterocycles. The molecule has 0 fully saturated rings. The number of imidazole rings is 1. The minimum absolute atomic E-state index is 0.0376. The Morgan fingerprint density at radius 2 is 1.83 bits per heavy atom. The number of pyridine rings is 2. The molecule has 0 radical (unpaired) electrons. The molecule has 0 amide bonds. The number of aromatic nitrogens is 5. The number of para-hydroxylation sites is 1. The molecule has 4 heterocycles. The molecule has 6 nitrogen and oxygen atoms in total. The molecule has 0 N–H and O–H groups in total. The Bertz CT molecular complexity index is 1680. The maximum Gasteiger partial charge on any atom is 0.387 e. The number of ether oxygens (including phenoxy) is 1. The SMILES string of the molecule is CC(C)(C)c1ncc(-c2cn3c4c(nc3cc2F)[C@H](CCc2cccnc2)C[C@@H]4c2ccccc2OC(F)F)cn1. The number of aryl methyl sites for hydroxylation is 1. The summed E-state index contributed by atoms with van der Waals surface area (Å²) in [6, 6.07) is 12.2. The van der Waals surface area contributed by atoms with Crippen LogP contribution in [0.25, 0.3) is 16.8 Å². The molecule has 6 rings (SSSR count). The zero-order chi connectivity index (χ0) is 28.7. The summed E-state index contributed by atoms with van der Waals surface area (Å²) in [6.07, 6.45) is 10.8. The summed E-state index contributed by atoms with van der Waals surface area (Å²) >= 11 is 0. The van der Waals surface area contributed by atoms with Crippen LogP contribution < -0.4 is 4.74 Å². The van der Waals surface area contributed by atoms with Gasteiger partial charge in [-0.15, -0.1) is 0 Å². The van der Waals surface area contributed by atoms with Crippen LogP contribution in [0.15, 0.2) is 73.4 Å². The van der Waals surface area contributed by atoms with E-state index in [1.165, 1.54) is 6.07 Å².